The molecule has 1 atom stereocenters. The lowest BCUT2D eigenvalue weighted by Crippen LogP contribution is -2.36. The number of hydrogen-bond acceptors (Lipinski definition) is 3. The number of piperidine rings is 1. The molecule has 4 nitrogen and oxygen atoms in total. The third-order valence-electron chi connectivity index (χ3n) is 4.38. The van der Waals surface area contributed by atoms with Crippen molar-refractivity contribution in [3.05, 3.63) is 42.0 Å². The molecule has 0 spiro atoms. The van der Waals surface area contributed by atoms with Gasteiger partial charge in [-0.2, -0.15) is 5.10 Å². The van der Waals surface area contributed by atoms with Gasteiger partial charge in [-0.05, 0) is 45.0 Å². The normalized spacial score (nSPS) is 19.5. The van der Waals surface area contributed by atoms with Gasteiger partial charge < -0.3 is 4.90 Å². The minimum absolute atomic E-state index is 0.242. The average Bonchev–Trinajstić information content (AvgIpc) is 2.95. The highest BCUT2D eigenvalue weighted by Gasteiger charge is 2.20. The first-order chi connectivity index (χ1) is 10.6. The molecule has 0 aliphatic carbocycles. The fraction of sp³-hybridized carbons (Fsp3) is 0.500. The van der Waals surface area contributed by atoms with Crippen LogP contribution in [0.4, 0.5) is 8.78 Å². The molecule has 0 amide bonds. The lowest BCUT2D eigenvalue weighted by molar-refractivity contribution is 0.175. The maximum absolute atomic E-state index is 13.9. The Morgan fingerprint density at radius 1 is 1.27 bits per heavy atom. The van der Waals surface area contributed by atoms with E-state index in [1.165, 1.54) is 42.4 Å². The summed E-state index contributed by atoms with van der Waals surface area (Å²) in [7, 11) is 2.15. The van der Waals surface area contributed by atoms with Crippen LogP contribution in [0.25, 0.3) is 5.69 Å². The highest BCUT2D eigenvalue weighted by Crippen LogP contribution is 2.21. The highest BCUT2D eigenvalue weighted by atomic mass is 19.1. The summed E-state index contributed by atoms with van der Waals surface area (Å²) in [6, 6.07) is 4.04. The predicted molar refractivity (Wildman–Crippen MR) is 79.9 cm³/mol. The van der Waals surface area contributed by atoms with Crippen LogP contribution in [-0.4, -0.2) is 39.3 Å². The minimum Gasteiger partial charge on any atom is -0.303 e. The minimum atomic E-state index is -0.624. The number of likely N-dealkylation sites (tertiary alicyclic amines) is 1. The second-order valence-electron chi connectivity index (χ2n) is 5.85. The summed E-state index contributed by atoms with van der Waals surface area (Å²) >= 11 is 0. The number of aryl methyl sites for hydroxylation is 1. The molecule has 22 heavy (non-hydrogen) atoms. The van der Waals surface area contributed by atoms with Crippen molar-refractivity contribution in [2.75, 3.05) is 13.6 Å². The standard InChI is InChI=1S/C16H20F2N4/c1-21-9-3-2-4-13(21)6-8-16-19-11-20-22(16)15-7-5-12(17)10-14(15)18/h5,7,10-11,13H,2-4,6,8-9H2,1H3/t13-/m1/s1. The van der Waals surface area contributed by atoms with Gasteiger partial charge in [0.1, 0.15) is 23.7 Å². The van der Waals surface area contributed by atoms with Crippen molar-refractivity contribution in [3.8, 4) is 5.69 Å². The van der Waals surface area contributed by atoms with E-state index < -0.39 is 11.6 Å². The maximum atomic E-state index is 13.9. The van der Waals surface area contributed by atoms with Gasteiger partial charge in [0, 0.05) is 18.5 Å². The molecular weight excluding hydrogens is 286 g/mol. The average molecular weight is 306 g/mol. The topological polar surface area (TPSA) is 34.0 Å². The Kier molecular flexibility index (Phi) is 4.47. The fourth-order valence-corrected chi connectivity index (χ4v) is 3.09. The molecule has 0 saturated carbocycles. The fourth-order valence-electron chi connectivity index (χ4n) is 3.09. The summed E-state index contributed by atoms with van der Waals surface area (Å²) < 4.78 is 28.4. The zero-order valence-corrected chi connectivity index (χ0v) is 12.7. The Morgan fingerprint density at radius 2 is 2.14 bits per heavy atom. The molecule has 3 rings (SSSR count). The number of rotatable bonds is 4. The van der Waals surface area contributed by atoms with E-state index in [0.29, 0.717) is 11.9 Å². The van der Waals surface area contributed by atoms with Crippen molar-refractivity contribution >= 4 is 0 Å². The first-order valence-electron chi connectivity index (χ1n) is 7.69. The van der Waals surface area contributed by atoms with E-state index in [0.717, 1.165) is 25.5 Å². The van der Waals surface area contributed by atoms with Crippen molar-refractivity contribution in [3.63, 3.8) is 0 Å². The second kappa shape index (κ2) is 6.52. The molecule has 118 valence electrons. The Balaban J connectivity index is 1.74. The van der Waals surface area contributed by atoms with Crippen molar-refractivity contribution in [1.29, 1.82) is 0 Å². The van der Waals surface area contributed by atoms with Crippen LogP contribution in [0.3, 0.4) is 0 Å². The molecule has 0 unspecified atom stereocenters. The molecule has 1 saturated heterocycles. The second-order valence-corrected chi connectivity index (χ2v) is 5.85. The molecule has 1 aliphatic heterocycles. The molecule has 0 bridgehead atoms. The maximum Gasteiger partial charge on any atom is 0.151 e. The van der Waals surface area contributed by atoms with E-state index in [-0.39, 0.29) is 5.69 Å². The van der Waals surface area contributed by atoms with Gasteiger partial charge in [0.25, 0.3) is 0 Å². The van der Waals surface area contributed by atoms with Gasteiger partial charge in [-0.3, -0.25) is 0 Å². The summed E-state index contributed by atoms with van der Waals surface area (Å²) in [6.45, 7) is 1.13. The molecule has 1 aliphatic rings. The van der Waals surface area contributed by atoms with E-state index >= 15 is 0 Å². The Labute approximate surface area is 128 Å². The molecule has 1 fully saturated rings. The van der Waals surface area contributed by atoms with Crippen molar-refractivity contribution in [2.45, 2.75) is 38.1 Å². The quantitative estimate of drug-likeness (QED) is 0.871. The van der Waals surface area contributed by atoms with E-state index in [2.05, 4.69) is 22.0 Å². The summed E-state index contributed by atoms with van der Waals surface area (Å²) in [5, 5.41) is 4.09. The van der Waals surface area contributed by atoms with Gasteiger partial charge in [-0.1, -0.05) is 6.42 Å². The first-order valence-corrected chi connectivity index (χ1v) is 7.69. The van der Waals surface area contributed by atoms with Crippen LogP contribution in [0, 0.1) is 11.6 Å². The number of benzene rings is 1. The smallest absolute Gasteiger partial charge is 0.151 e. The Bertz CT molecular complexity index is 641. The van der Waals surface area contributed by atoms with Crippen LogP contribution in [0.15, 0.2) is 24.5 Å². The van der Waals surface area contributed by atoms with Crippen LogP contribution in [0.2, 0.25) is 0 Å². The van der Waals surface area contributed by atoms with Gasteiger partial charge in [0.2, 0.25) is 0 Å². The molecule has 0 N–H and O–H groups in total. The predicted octanol–water partition coefficient (Wildman–Crippen LogP) is 2.96. The van der Waals surface area contributed by atoms with Gasteiger partial charge in [-0.15, -0.1) is 0 Å². The zero-order valence-electron chi connectivity index (χ0n) is 12.7. The molecule has 0 radical (unpaired) electrons. The lowest BCUT2D eigenvalue weighted by atomic mass is 9.98. The molecule has 2 aromatic rings. The van der Waals surface area contributed by atoms with Crippen molar-refractivity contribution < 1.29 is 8.78 Å². The molecular formula is C16H20F2N4. The van der Waals surface area contributed by atoms with Gasteiger partial charge in [0.05, 0.1) is 0 Å². The SMILES string of the molecule is CN1CCCC[C@@H]1CCc1ncnn1-c1ccc(F)cc1F. The first kappa shape index (κ1) is 15.1. The number of nitrogens with zero attached hydrogens (tertiary/aromatic N) is 4. The number of aromatic nitrogens is 3. The van der Waals surface area contributed by atoms with Gasteiger partial charge in [0.15, 0.2) is 5.82 Å². The number of hydrogen-bond donors (Lipinski definition) is 0. The molecule has 1 aromatic heterocycles. The Hall–Kier alpha value is -1.82. The van der Waals surface area contributed by atoms with Crippen molar-refractivity contribution in [1.82, 2.24) is 19.7 Å². The van der Waals surface area contributed by atoms with Crippen LogP contribution >= 0.6 is 0 Å². The summed E-state index contributed by atoms with van der Waals surface area (Å²) in [5.41, 5.74) is 0.242. The van der Waals surface area contributed by atoms with Crippen LogP contribution < -0.4 is 0 Å². The number of halogens is 2. The van der Waals surface area contributed by atoms with Crippen molar-refractivity contribution in [2.24, 2.45) is 0 Å². The zero-order chi connectivity index (χ0) is 15.5. The summed E-state index contributed by atoms with van der Waals surface area (Å²) in [4.78, 5) is 6.62. The lowest BCUT2D eigenvalue weighted by Gasteiger charge is -2.32. The third kappa shape index (κ3) is 3.16. The van der Waals surface area contributed by atoms with Gasteiger partial charge >= 0.3 is 0 Å². The van der Waals surface area contributed by atoms with E-state index in [9.17, 15) is 8.78 Å². The van der Waals surface area contributed by atoms with Crippen LogP contribution in [-0.2, 0) is 6.42 Å². The molecule has 1 aromatic carbocycles. The van der Waals surface area contributed by atoms with Gasteiger partial charge in [-0.25, -0.2) is 18.4 Å². The highest BCUT2D eigenvalue weighted by molar-refractivity contribution is 5.33. The van der Waals surface area contributed by atoms with Crippen LogP contribution in [0.1, 0.15) is 31.5 Å². The third-order valence-corrected chi connectivity index (χ3v) is 4.38. The molecule has 2 heterocycles. The molecule has 6 heteroatoms. The monoisotopic (exact) mass is 306 g/mol. The summed E-state index contributed by atoms with van der Waals surface area (Å²) in [6.07, 6.45) is 6.82. The van der Waals surface area contributed by atoms with E-state index in [4.69, 9.17) is 0 Å². The van der Waals surface area contributed by atoms with Crippen LogP contribution in [0.5, 0.6) is 0 Å². The van der Waals surface area contributed by atoms with E-state index in [1.54, 1.807) is 0 Å². The largest absolute Gasteiger partial charge is 0.303 e. The van der Waals surface area contributed by atoms with E-state index in [1.807, 2.05) is 0 Å². The summed E-state index contributed by atoms with van der Waals surface area (Å²) in [5.74, 6) is -0.502. The Morgan fingerprint density at radius 3 is 2.91 bits per heavy atom.